The Morgan fingerprint density at radius 1 is 0.958 bits per heavy atom. The van der Waals surface area contributed by atoms with E-state index >= 15 is 0 Å². The molecule has 3 heterocycles. The normalized spacial score (nSPS) is 21.5. The second-order valence-electron chi connectivity index (χ2n) is 6.39. The van der Waals surface area contributed by atoms with Crippen molar-refractivity contribution >= 4 is 23.4 Å². The largest absolute Gasteiger partial charge is 0.369 e. The predicted octanol–water partition coefficient (Wildman–Crippen LogP) is 0.506. The maximum absolute atomic E-state index is 12.6. The van der Waals surface area contributed by atoms with Gasteiger partial charge < -0.3 is 10.2 Å². The molecule has 0 aromatic heterocycles. The maximum Gasteiger partial charge on any atom is 0.273 e. The summed E-state index contributed by atoms with van der Waals surface area (Å²) in [6, 6.07) is 5.77. The van der Waals surface area contributed by atoms with Crippen LogP contribution in [0.4, 0.5) is 5.69 Å². The molecule has 2 fully saturated rings. The van der Waals surface area contributed by atoms with E-state index in [1.54, 1.807) is 0 Å². The van der Waals surface area contributed by atoms with E-state index in [4.69, 9.17) is 0 Å². The Balaban J connectivity index is 1.60. The Morgan fingerprint density at radius 3 is 2.38 bits per heavy atom. The number of imide groups is 1. The van der Waals surface area contributed by atoms with E-state index in [0.717, 1.165) is 42.4 Å². The molecular formula is C17H20N4O3. The van der Waals surface area contributed by atoms with Crippen molar-refractivity contribution in [3.05, 3.63) is 29.3 Å². The molecule has 0 spiro atoms. The number of piperidine rings is 1. The van der Waals surface area contributed by atoms with E-state index in [2.05, 4.69) is 10.2 Å². The highest BCUT2D eigenvalue weighted by molar-refractivity contribution is 6.04. The smallest absolute Gasteiger partial charge is 0.273 e. The molecule has 0 radical (unpaired) electrons. The minimum absolute atomic E-state index is 0.263. The topological polar surface area (TPSA) is 73.0 Å². The summed E-state index contributed by atoms with van der Waals surface area (Å²) in [4.78, 5) is 39.1. The van der Waals surface area contributed by atoms with Crippen LogP contribution < -0.4 is 10.2 Å². The number of anilines is 1. The quantitative estimate of drug-likeness (QED) is 0.801. The number of hydrogen-bond acceptors (Lipinski definition) is 5. The Labute approximate surface area is 140 Å². The second kappa shape index (κ2) is 5.90. The third kappa shape index (κ3) is 2.45. The molecule has 4 rings (SSSR count). The molecule has 0 unspecified atom stereocenters. The van der Waals surface area contributed by atoms with E-state index in [1.165, 1.54) is 5.01 Å². The van der Waals surface area contributed by atoms with Crippen LogP contribution in [-0.2, 0) is 16.1 Å². The summed E-state index contributed by atoms with van der Waals surface area (Å²) in [6.07, 6.45) is 1.20. The third-order valence-corrected chi connectivity index (χ3v) is 4.85. The molecule has 3 aliphatic rings. The van der Waals surface area contributed by atoms with Gasteiger partial charge in [-0.25, -0.2) is 5.01 Å². The molecule has 0 bridgehead atoms. The van der Waals surface area contributed by atoms with E-state index < -0.39 is 0 Å². The number of hydrazine groups is 1. The van der Waals surface area contributed by atoms with Gasteiger partial charge in [-0.05, 0) is 30.2 Å². The average molecular weight is 328 g/mol. The summed E-state index contributed by atoms with van der Waals surface area (Å²) >= 11 is 0. The highest BCUT2D eigenvalue weighted by atomic mass is 16.2. The highest BCUT2D eigenvalue weighted by Gasteiger charge is 2.39. The van der Waals surface area contributed by atoms with Crippen LogP contribution >= 0.6 is 0 Å². The van der Waals surface area contributed by atoms with Crippen molar-refractivity contribution < 1.29 is 14.4 Å². The lowest BCUT2D eigenvalue weighted by Gasteiger charge is -2.32. The number of hydrogen-bond donors (Lipinski definition) is 1. The average Bonchev–Trinajstić information content (AvgIpc) is 2.92. The van der Waals surface area contributed by atoms with Gasteiger partial charge in [0.1, 0.15) is 0 Å². The van der Waals surface area contributed by atoms with E-state index in [-0.39, 0.29) is 24.3 Å². The first-order valence-corrected chi connectivity index (χ1v) is 8.41. The molecule has 1 N–H and O–H groups in total. The number of nitrogens with zero attached hydrogens (tertiary/aromatic N) is 3. The van der Waals surface area contributed by atoms with E-state index in [1.807, 2.05) is 18.2 Å². The SMILES string of the molecule is O=C1c2ccc(N3CCNCC3)cc2CN1N1C(=O)CCCC1=O. The molecule has 24 heavy (non-hydrogen) atoms. The minimum Gasteiger partial charge on any atom is -0.369 e. The first-order valence-electron chi connectivity index (χ1n) is 8.41. The molecule has 1 aromatic carbocycles. The summed E-state index contributed by atoms with van der Waals surface area (Å²) in [5, 5.41) is 5.67. The molecule has 1 aromatic rings. The highest BCUT2D eigenvalue weighted by Crippen LogP contribution is 2.30. The summed E-state index contributed by atoms with van der Waals surface area (Å²) in [6.45, 7) is 4.03. The zero-order chi connectivity index (χ0) is 16.7. The van der Waals surface area contributed by atoms with Gasteiger partial charge in [-0.3, -0.25) is 14.4 Å². The maximum atomic E-state index is 12.6. The molecule has 126 valence electrons. The van der Waals surface area contributed by atoms with Gasteiger partial charge >= 0.3 is 0 Å². The van der Waals surface area contributed by atoms with Crippen molar-refractivity contribution in [2.75, 3.05) is 31.1 Å². The van der Waals surface area contributed by atoms with E-state index in [0.29, 0.717) is 24.8 Å². The lowest BCUT2D eigenvalue weighted by Crippen LogP contribution is -2.51. The number of nitrogens with one attached hydrogen (secondary N) is 1. The molecule has 0 aliphatic carbocycles. The van der Waals surface area contributed by atoms with Crippen molar-refractivity contribution in [1.29, 1.82) is 0 Å². The van der Waals surface area contributed by atoms with Gasteiger partial charge in [-0.15, -0.1) is 0 Å². The molecule has 3 aliphatic heterocycles. The van der Waals surface area contributed by atoms with Crippen molar-refractivity contribution in [2.45, 2.75) is 25.8 Å². The van der Waals surface area contributed by atoms with Crippen LogP contribution in [0, 0.1) is 0 Å². The summed E-state index contributed by atoms with van der Waals surface area (Å²) in [7, 11) is 0. The van der Waals surface area contributed by atoms with Gasteiger partial charge in [-0.2, -0.15) is 5.01 Å². The monoisotopic (exact) mass is 328 g/mol. The molecule has 0 atom stereocenters. The number of benzene rings is 1. The lowest BCUT2D eigenvalue weighted by atomic mass is 10.1. The van der Waals surface area contributed by atoms with Crippen molar-refractivity contribution in [3.8, 4) is 0 Å². The van der Waals surface area contributed by atoms with Gasteiger partial charge in [0.05, 0.1) is 6.54 Å². The fourth-order valence-electron chi connectivity index (χ4n) is 3.58. The first-order chi connectivity index (χ1) is 11.6. The van der Waals surface area contributed by atoms with Crippen LogP contribution in [-0.4, -0.2) is 53.9 Å². The van der Waals surface area contributed by atoms with Crippen molar-refractivity contribution in [3.63, 3.8) is 0 Å². The van der Waals surface area contributed by atoms with Crippen LogP contribution in [0.2, 0.25) is 0 Å². The molecule has 3 amide bonds. The van der Waals surface area contributed by atoms with Gasteiger partial charge in [-0.1, -0.05) is 0 Å². The number of amides is 3. The van der Waals surface area contributed by atoms with Gasteiger partial charge in [0, 0.05) is 50.3 Å². The van der Waals surface area contributed by atoms with Gasteiger partial charge in [0.25, 0.3) is 5.91 Å². The van der Waals surface area contributed by atoms with Crippen LogP contribution in [0.15, 0.2) is 18.2 Å². The summed E-state index contributed by atoms with van der Waals surface area (Å²) in [5.41, 5.74) is 2.54. The fraction of sp³-hybridized carbons (Fsp3) is 0.471. The van der Waals surface area contributed by atoms with Crippen molar-refractivity contribution in [2.24, 2.45) is 0 Å². The molecular weight excluding hydrogens is 308 g/mol. The number of piperazine rings is 1. The molecule has 2 saturated heterocycles. The number of fused-ring (bicyclic) bond motifs is 1. The van der Waals surface area contributed by atoms with E-state index in [9.17, 15) is 14.4 Å². The zero-order valence-corrected chi connectivity index (χ0v) is 13.5. The first kappa shape index (κ1) is 15.1. The molecule has 7 nitrogen and oxygen atoms in total. The molecule has 0 saturated carbocycles. The van der Waals surface area contributed by atoms with Crippen LogP contribution in [0.25, 0.3) is 0 Å². The Morgan fingerprint density at radius 2 is 1.67 bits per heavy atom. The number of carbonyl (C=O) groups is 3. The minimum atomic E-state index is -0.283. The standard InChI is InChI=1S/C17H20N4O3/c22-15-2-1-3-16(23)21(15)20-11-12-10-13(4-5-14(12)17(20)24)19-8-6-18-7-9-19/h4-5,10,18H,1-3,6-9,11H2. The second-order valence-corrected chi connectivity index (χ2v) is 6.39. The zero-order valence-electron chi connectivity index (χ0n) is 13.5. The Hall–Kier alpha value is -2.41. The predicted molar refractivity (Wildman–Crippen MR) is 87.1 cm³/mol. The Kier molecular flexibility index (Phi) is 3.72. The van der Waals surface area contributed by atoms with Gasteiger partial charge in [0.15, 0.2) is 0 Å². The number of rotatable bonds is 2. The summed E-state index contributed by atoms with van der Waals surface area (Å²) in [5.74, 6) is -0.829. The Bertz CT molecular complexity index is 696. The fourth-order valence-corrected chi connectivity index (χ4v) is 3.58. The number of carbonyl (C=O) groups excluding carboxylic acids is 3. The molecule has 7 heteroatoms. The summed E-state index contributed by atoms with van der Waals surface area (Å²) < 4.78 is 0. The van der Waals surface area contributed by atoms with Crippen LogP contribution in [0.1, 0.15) is 35.2 Å². The van der Waals surface area contributed by atoms with Crippen molar-refractivity contribution in [1.82, 2.24) is 15.3 Å². The lowest BCUT2D eigenvalue weighted by molar-refractivity contribution is -0.163. The third-order valence-electron chi connectivity index (χ3n) is 4.85. The van der Waals surface area contributed by atoms with Crippen LogP contribution in [0.5, 0.6) is 0 Å². The van der Waals surface area contributed by atoms with Gasteiger partial charge in [0.2, 0.25) is 11.8 Å². The van der Waals surface area contributed by atoms with Crippen LogP contribution in [0.3, 0.4) is 0 Å².